The maximum Gasteiger partial charge on any atom is 0.0156 e. The van der Waals surface area contributed by atoms with E-state index >= 15 is 0 Å². The van der Waals surface area contributed by atoms with Crippen molar-refractivity contribution >= 4 is 0 Å². The van der Waals surface area contributed by atoms with Gasteiger partial charge in [-0.3, -0.25) is 4.90 Å². The molecule has 0 aliphatic carbocycles. The van der Waals surface area contributed by atoms with Crippen molar-refractivity contribution in [3.05, 3.63) is 0 Å². The molecule has 3 atom stereocenters. The van der Waals surface area contributed by atoms with Gasteiger partial charge in [0.2, 0.25) is 0 Å². The Hall–Kier alpha value is -0.0800. The number of hydrogen-bond donors (Lipinski definition) is 1. The van der Waals surface area contributed by atoms with Gasteiger partial charge in [-0.15, -0.1) is 0 Å². The van der Waals surface area contributed by atoms with Crippen molar-refractivity contribution in [3.8, 4) is 0 Å². The molecule has 0 aromatic carbocycles. The standard InChI is InChI=1S/C14H30N2/c1-7-9-14(4,5)16-10-8-13(15-6)11(2)12(16)3/h11-13,15H,7-10H2,1-6H3. The molecule has 1 aliphatic heterocycles. The van der Waals surface area contributed by atoms with E-state index in [1.54, 1.807) is 0 Å². The Bertz CT molecular complexity index is 213. The molecule has 1 fully saturated rings. The molecule has 0 amide bonds. The summed E-state index contributed by atoms with van der Waals surface area (Å²) < 4.78 is 0. The zero-order chi connectivity index (χ0) is 12.3. The van der Waals surface area contributed by atoms with Gasteiger partial charge in [0.25, 0.3) is 0 Å². The van der Waals surface area contributed by atoms with Crippen molar-refractivity contribution in [1.29, 1.82) is 0 Å². The van der Waals surface area contributed by atoms with E-state index in [1.165, 1.54) is 25.8 Å². The van der Waals surface area contributed by atoms with Crippen LogP contribution in [0.1, 0.15) is 53.9 Å². The van der Waals surface area contributed by atoms with Crippen LogP contribution in [-0.4, -0.2) is 36.1 Å². The van der Waals surface area contributed by atoms with Gasteiger partial charge in [0, 0.05) is 24.2 Å². The lowest BCUT2D eigenvalue weighted by Crippen LogP contribution is -2.59. The van der Waals surface area contributed by atoms with Gasteiger partial charge in [-0.2, -0.15) is 0 Å². The summed E-state index contributed by atoms with van der Waals surface area (Å²) >= 11 is 0. The number of nitrogens with one attached hydrogen (secondary N) is 1. The minimum atomic E-state index is 0.362. The monoisotopic (exact) mass is 226 g/mol. The highest BCUT2D eigenvalue weighted by molar-refractivity contribution is 4.94. The second-order valence-electron chi connectivity index (χ2n) is 6.04. The molecule has 16 heavy (non-hydrogen) atoms. The first-order valence-corrected chi connectivity index (χ1v) is 6.88. The van der Waals surface area contributed by atoms with Crippen LogP contribution in [0, 0.1) is 5.92 Å². The summed E-state index contributed by atoms with van der Waals surface area (Å²) in [5, 5.41) is 3.46. The van der Waals surface area contributed by atoms with Gasteiger partial charge in [-0.1, -0.05) is 20.3 Å². The molecule has 0 aromatic heterocycles. The third-order valence-corrected chi connectivity index (χ3v) is 4.58. The predicted octanol–water partition coefficient (Wildman–Crippen LogP) is 2.88. The molecule has 96 valence electrons. The first-order chi connectivity index (χ1) is 7.44. The van der Waals surface area contributed by atoms with Gasteiger partial charge in [-0.05, 0) is 46.6 Å². The van der Waals surface area contributed by atoms with Crippen molar-refractivity contribution in [2.75, 3.05) is 13.6 Å². The van der Waals surface area contributed by atoms with Crippen molar-refractivity contribution < 1.29 is 0 Å². The van der Waals surface area contributed by atoms with E-state index in [1.807, 2.05) is 0 Å². The van der Waals surface area contributed by atoms with Crippen LogP contribution in [0.3, 0.4) is 0 Å². The summed E-state index contributed by atoms with van der Waals surface area (Å²) in [5.74, 6) is 0.745. The van der Waals surface area contributed by atoms with Crippen LogP contribution in [0.4, 0.5) is 0 Å². The Morgan fingerprint density at radius 3 is 2.44 bits per heavy atom. The Kier molecular flexibility index (Phi) is 4.81. The summed E-state index contributed by atoms with van der Waals surface area (Å²) in [5.41, 5.74) is 0.362. The number of likely N-dealkylation sites (tertiary alicyclic amines) is 1. The van der Waals surface area contributed by atoms with E-state index in [9.17, 15) is 0 Å². The number of hydrogen-bond acceptors (Lipinski definition) is 2. The highest BCUT2D eigenvalue weighted by atomic mass is 15.2. The molecule has 2 heteroatoms. The average Bonchev–Trinajstić information content (AvgIpc) is 2.21. The van der Waals surface area contributed by atoms with E-state index < -0.39 is 0 Å². The predicted molar refractivity (Wildman–Crippen MR) is 71.8 cm³/mol. The van der Waals surface area contributed by atoms with E-state index in [0.29, 0.717) is 17.6 Å². The maximum absolute atomic E-state index is 3.46. The highest BCUT2D eigenvalue weighted by Gasteiger charge is 2.38. The minimum Gasteiger partial charge on any atom is -0.317 e. The van der Waals surface area contributed by atoms with Gasteiger partial charge in [0.05, 0.1) is 0 Å². The van der Waals surface area contributed by atoms with Crippen LogP contribution in [-0.2, 0) is 0 Å². The first kappa shape index (κ1) is 14.0. The van der Waals surface area contributed by atoms with Crippen molar-refractivity contribution in [1.82, 2.24) is 10.2 Å². The Labute approximate surface area is 102 Å². The lowest BCUT2D eigenvalue weighted by Gasteiger charge is -2.50. The summed E-state index contributed by atoms with van der Waals surface area (Å²) in [6.07, 6.45) is 3.86. The van der Waals surface area contributed by atoms with Crippen molar-refractivity contribution in [2.45, 2.75) is 71.5 Å². The van der Waals surface area contributed by atoms with Gasteiger partial charge in [0.1, 0.15) is 0 Å². The molecule has 3 unspecified atom stereocenters. The van der Waals surface area contributed by atoms with E-state index in [2.05, 4.69) is 51.9 Å². The molecule has 0 saturated carbocycles. The lowest BCUT2D eigenvalue weighted by atomic mass is 9.82. The van der Waals surface area contributed by atoms with Crippen LogP contribution >= 0.6 is 0 Å². The molecule has 2 nitrogen and oxygen atoms in total. The third kappa shape index (κ3) is 2.78. The molecule has 1 rings (SSSR count). The summed E-state index contributed by atoms with van der Waals surface area (Å²) in [6.45, 7) is 13.1. The Morgan fingerprint density at radius 2 is 1.94 bits per heavy atom. The molecular weight excluding hydrogens is 196 g/mol. The maximum atomic E-state index is 3.46. The molecule has 1 saturated heterocycles. The average molecular weight is 226 g/mol. The van der Waals surface area contributed by atoms with Gasteiger partial charge < -0.3 is 5.32 Å². The smallest absolute Gasteiger partial charge is 0.0156 e. The summed E-state index contributed by atoms with van der Waals surface area (Å²) in [7, 11) is 2.10. The fourth-order valence-electron chi connectivity index (χ4n) is 3.38. The molecule has 0 radical (unpaired) electrons. The van der Waals surface area contributed by atoms with E-state index in [0.717, 1.165) is 5.92 Å². The van der Waals surface area contributed by atoms with Crippen LogP contribution in [0.25, 0.3) is 0 Å². The van der Waals surface area contributed by atoms with Gasteiger partial charge in [-0.25, -0.2) is 0 Å². The fourth-order valence-corrected chi connectivity index (χ4v) is 3.38. The van der Waals surface area contributed by atoms with Crippen LogP contribution in [0.15, 0.2) is 0 Å². The SMILES string of the molecule is CCCC(C)(C)N1CCC(NC)C(C)C1C. The summed E-state index contributed by atoms with van der Waals surface area (Å²) in [6, 6.07) is 1.39. The topological polar surface area (TPSA) is 15.3 Å². The lowest BCUT2D eigenvalue weighted by molar-refractivity contribution is 0.00147. The molecule has 0 bridgehead atoms. The molecule has 1 aliphatic rings. The van der Waals surface area contributed by atoms with Gasteiger partial charge in [0.15, 0.2) is 0 Å². The molecule has 1 N–H and O–H groups in total. The molecular formula is C14H30N2. The highest BCUT2D eigenvalue weighted by Crippen LogP contribution is 2.32. The second kappa shape index (κ2) is 5.50. The van der Waals surface area contributed by atoms with Crippen LogP contribution < -0.4 is 5.32 Å². The molecule has 1 heterocycles. The van der Waals surface area contributed by atoms with E-state index in [4.69, 9.17) is 0 Å². The molecule has 0 aromatic rings. The largest absolute Gasteiger partial charge is 0.317 e. The zero-order valence-corrected chi connectivity index (χ0v) is 12.0. The van der Waals surface area contributed by atoms with Crippen LogP contribution in [0.2, 0.25) is 0 Å². The quantitative estimate of drug-likeness (QED) is 0.793. The van der Waals surface area contributed by atoms with E-state index in [-0.39, 0.29) is 0 Å². The number of piperidine rings is 1. The number of rotatable bonds is 4. The number of nitrogens with zero attached hydrogens (tertiary/aromatic N) is 1. The summed E-state index contributed by atoms with van der Waals surface area (Å²) in [4.78, 5) is 2.72. The first-order valence-electron chi connectivity index (χ1n) is 6.88. The Morgan fingerprint density at radius 1 is 1.31 bits per heavy atom. The zero-order valence-electron chi connectivity index (χ0n) is 12.0. The van der Waals surface area contributed by atoms with Crippen LogP contribution in [0.5, 0.6) is 0 Å². The van der Waals surface area contributed by atoms with Gasteiger partial charge >= 0.3 is 0 Å². The molecule has 0 spiro atoms. The Balaban J connectivity index is 2.70. The van der Waals surface area contributed by atoms with Crippen molar-refractivity contribution in [2.24, 2.45) is 5.92 Å². The normalized spacial score (nSPS) is 33.0. The van der Waals surface area contributed by atoms with Crippen molar-refractivity contribution in [3.63, 3.8) is 0 Å². The fraction of sp³-hybridized carbons (Fsp3) is 1.00. The minimum absolute atomic E-state index is 0.362. The second-order valence-corrected chi connectivity index (χ2v) is 6.04. The third-order valence-electron chi connectivity index (χ3n) is 4.58.